The van der Waals surface area contributed by atoms with Crippen LogP contribution >= 0.6 is 0 Å². The molecule has 4 nitrogen and oxygen atoms in total. The van der Waals surface area contributed by atoms with Gasteiger partial charge >= 0.3 is 6.03 Å². The summed E-state index contributed by atoms with van der Waals surface area (Å²) in [5, 5.41) is 5.99. The van der Waals surface area contributed by atoms with E-state index >= 15 is 0 Å². The Morgan fingerprint density at radius 2 is 1.96 bits per heavy atom. The predicted molar refractivity (Wildman–Crippen MR) is 91.4 cm³/mol. The average molecular weight is 310 g/mol. The van der Waals surface area contributed by atoms with Crippen LogP contribution in [0.2, 0.25) is 0 Å². The molecule has 1 aliphatic rings. The van der Waals surface area contributed by atoms with Crippen LogP contribution in [0.1, 0.15) is 35.6 Å². The number of hydrogen-bond acceptors (Lipinski definition) is 2. The standard InChI is InChI=1S/C19H22N2O2/c1-23-13-14-9-11-16(12-10-14)20-19(22)21-18-8-4-6-15-5-2-3-7-17(15)18/h2-3,5,7,9-12,18H,4,6,8,13H2,1H3,(H2,20,21,22). The summed E-state index contributed by atoms with van der Waals surface area (Å²) in [7, 11) is 1.67. The number of carbonyl (C=O) groups is 1. The number of urea groups is 1. The molecule has 2 aromatic rings. The molecule has 1 atom stereocenters. The molecule has 120 valence electrons. The van der Waals surface area contributed by atoms with E-state index in [0.717, 1.165) is 30.5 Å². The van der Waals surface area contributed by atoms with Crippen LogP contribution in [0.25, 0.3) is 0 Å². The van der Waals surface area contributed by atoms with Gasteiger partial charge < -0.3 is 15.4 Å². The highest BCUT2D eigenvalue weighted by atomic mass is 16.5. The lowest BCUT2D eigenvalue weighted by Gasteiger charge is -2.26. The van der Waals surface area contributed by atoms with E-state index in [-0.39, 0.29) is 12.1 Å². The van der Waals surface area contributed by atoms with Crippen LogP contribution in [0, 0.1) is 0 Å². The largest absolute Gasteiger partial charge is 0.380 e. The number of hydrogen-bond donors (Lipinski definition) is 2. The van der Waals surface area contributed by atoms with Gasteiger partial charge in [0, 0.05) is 12.8 Å². The van der Waals surface area contributed by atoms with Gasteiger partial charge in [-0.15, -0.1) is 0 Å². The minimum atomic E-state index is -0.161. The number of methoxy groups -OCH3 is 1. The van der Waals surface area contributed by atoms with Crippen LogP contribution in [-0.4, -0.2) is 13.1 Å². The number of nitrogens with one attached hydrogen (secondary N) is 2. The quantitative estimate of drug-likeness (QED) is 0.895. The van der Waals surface area contributed by atoms with Gasteiger partial charge in [0.2, 0.25) is 0 Å². The fourth-order valence-corrected chi connectivity index (χ4v) is 3.08. The molecule has 0 bridgehead atoms. The van der Waals surface area contributed by atoms with E-state index in [1.807, 2.05) is 30.3 Å². The zero-order valence-electron chi connectivity index (χ0n) is 13.3. The summed E-state index contributed by atoms with van der Waals surface area (Å²) < 4.78 is 5.08. The summed E-state index contributed by atoms with van der Waals surface area (Å²) in [6, 6.07) is 16.0. The number of fused-ring (bicyclic) bond motifs is 1. The van der Waals surface area contributed by atoms with E-state index in [2.05, 4.69) is 28.8 Å². The van der Waals surface area contributed by atoms with Crippen molar-refractivity contribution in [3.05, 3.63) is 65.2 Å². The maximum Gasteiger partial charge on any atom is 0.319 e. The van der Waals surface area contributed by atoms with E-state index in [9.17, 15) is 4.79 Å². The molecule has 2 amide bonds. The number of ether oxygens (including phenoxy) is 1. The number of carbonyl (C=O) groups excluding carboxylic acids is 1. The molecule has 2 aromatic carbocycles. The highest BCUT2D eigenvalue weighted by Crippen LogP contribution is 2.29. The zero-order chi connectivity index (χ0) is 16.1. The highest BCUT2D eigenvalue weighted by molar-refractivity contribution is 5.89. The van der Waals surface area contributed by atoms with E-state index in [1.165, 1.54) is 11.1 Å². The van der Waals surface area contributed by atoms with Crippen molar-refractivity contribution in [2.24, 2.45) is 0 Å². The molecule has 0 saturated heterocycles. The fraction of sp³-hybridized carbons (Fsp3) is 0.316. The topological polar surface area (TPSA) is 50.4 Å². The summed E-state index contributed by atoms with van der Waals surface area (Å²) in [6.07, 6.45) is 3.18. The number of aryl methyl sites for hydroxylation is 1. The Morgan fingerprint density at radius 1 is 1.17 bits per heavy atom. The van der Waals surface area contributed by atoms with Crippen molar-refractivity contribution in [3.8, 4) is 0 Å². The lowest BCUT2D eigenvalue weighted by molar-refractivity contribution is 0.185. The van der Waals surface area contributed by atoms with Crippen molar-refractivity contribution in [2.45, 2.75) is 31.9 Å². The van der Waals surface area contributed by atoms with Gasteiger partial charge in [-0.2, -0.15) is 0 Å². The predicted octanol–water partition coefficient (Wildman–Crippen LogP) is 4.03. The Kier molecular flexibility index (Phi) is 4.93. The molecule has 1 aliphatic carbocycles. The molecule has 0 spiro atoms. The Labute approximate surface area is 136 Å². The molecule has 3 rings (SSSR count). The van der Waals surface area contributed by atoms with Gasteiger partial charge in [0.15, 0.2) is 0 Å². The zero-order valence-corrected chi connectivity index (χ0v) is 13.3. The van der Waals surface area contributed by atoms with Crippen LogP contribution in [-0.2, 0) is 17.8 Å². The maximum atomic E-state index is 12.3. The van der Waals surface area contributed by atoms with Crippen LogP contribution in [0.15, 0.2) is 48.5 Å². The van der Waals surface area contributed by atoms with Crippen LogP contribution in [0.5, 0.6) is 0 Å². The first-order valence-corrected chi connectivity index (χ1v) is 7.99. The molecule has 0 fully saturated rings. The van der Waals surface area contributed by atoms with Crippen molar-refractivity contribution in [3.63, 3.8) is 0 Å². The van der Waals surface area contributed by atoms with Crippen molar-refractivity contribution < 1.29 is 9.53 Å². The Balaban J connectivity index is 1.62. The first-order valence-electron chi connectivity index (χ1n) is 7.99. The van der Waals surface area contributed by atoms with Gasteiger partial charge in [0.1, 0.15) is 0 Å². The van der Waals surface area contributed by atoms with Crippen LogP contribution in [0.4, 0.5) is 10.5 Å². The minimum absolute atomic E-state index is 0.0905. The molecule has 23 heavy (non-hydrogen) atoms. The lowest BCUT2D eigenvalue weighted by atomic mass is 9.88. The minimum Gasteiger partial charge on any atom is -0.380 e. The van der Waals surface area contributed by atoms with Crippen LogP contribution in [0.3, 0.4) is 0 Å². The molecule has 0 heterocycles. The SMILES string of the molecule is COCc1ccc(NC(=O)NC2CCCc3ccccc32)cc1. The van der Waals surface area contributed by atoms with E-state index in [0.29, 0.717) is 6.61 Å². The molecule has 0 radical (unpaired) electrons. The third-order valence-corrected chi connectivity index (χ3v) is 4.20. The van der Waals surface area contributed by atoms with Gasteiger partial charge in [0.05, 0.1) is 12.6 Å². The monoisotopic (exact) mass is 310 g/mol. The second-order valence-electron chi connectivity index (χ2n) is 5.87. The van der Waals surface area contributed by atoms with Gasteiger partial charge in [-0.05, 0) is 48.1 Å². The van der Waals surface area contributed by atoms with Gasteiger partial charge in [-0.25, -0.2) is 4.79 Å². The summed E-state index contributed by atoms with van der Waals surface area (Å²) >= 11 is 0. The summed E-state index contributed by atoms with van der Waals surface area (Å²) in [5.74, 6) is 0. The second kappa shape index (κ2) is 7.29. The number of anilines is 1. The third kappa shape index (κ3) is 3.90. The maximum absolute atomic E-state index is 12.3. The Bertz CT molecular complexity index is 667. The summed E-state index contributed by atoms with van der Waals surface area (Å²) in [4.78, 5) is 12.3. The first-order chi connectivity index (χ1) is 11.3. The molecule has 4 heteroatoms. The summed E-state index contributed by atoms with van der Waals surface area (Å²) in [5.41, 5.74) is 4.45. The van der Waals surface area contributed by atoms with Crippen molar-refractivity contribution >= 4 is 11.7 Å². The number of rotatable bonds is 4. The molecular weight excluding hydrogens is 288 g/mol. The third-order valence-electron chi connectivity index (χ3n) is 4.20. The first kappa shape index (κ1) is 15.6. The average Bonchev–Trinajstić information content (AvgIpc) is 2.57. The van der Waals surface area contributed by atoms with Crippen molar-refractivity contribution in [1.29, 1.82) is 0 Å². The van der Waals surface area contributed by atoms with Crippen LogP contribution < -0.4 is 10.6 Å². The fourth-order valence-electron chi connectivity index (χ4n) is 3.08. The van der Waals surface area contributed by atoms with E-state index in [4.69, 9.17) is 4.74 Å². The van der Waals surface area contributed by atoms with Crippen molar-refractivity contribution in [1.82, 2.24) is 5.32 Å². The Hall–Kier alpha value is -2.33. The normalized spacial score (nSPS) is 16.5. The molecule has 1 unspecified atom stereocenters. The number of amides is 2. The molecule has 0 aromatic heterocycles. The molecular formula is C19H22N2O2. The van der Waals surface area contributed by atoms with Gasteiger partial charge in [0.25, 0.3) is 0 Å². The van der Waals surface area contributed by atoms with Crippen molar-refractivity contribution in [2.75, 3.05) is 12.4 Å². The molecule has 0 saturated carbocycles. The summed E-state index contributed by atoms with van der Waals surface area (Å²) in [6.45, 7) is 0.575. The van der Waals surface area contributed by atoms with E-state index < -0.39 is 0 Å². The molecule has 0 aliphatic heterocycles. The van der Waals surface area contributed by atoms with Gasteiger partial charge in [-0.3, -0.25) is 0 Å². The molecule has 2 N–H and O–H groups in total. The smallest absolute Gasteiger partial charge is 0.319 e. The van der Waals surface area contributed by atoms with E-state index in [1.54, 1.807) is 7.11 Å². The second-order valence-corrected chi connectivity index (χ2v) is 5.87. The number of benzene rings is 2. The van der Waals surface area contributed by atoms with Gasteiger partial charge in [-0.1, -0.05) is 36.4 Å². The Morgan fingerprint density at radius 3 is 2.74 bits per heavy atom. The highest BCUT2D eigenvalue weighted by Gasteiger charge is 2.21. The lowest BCUT2D eigenvalue weighted by Crippen LogP contribution is -2.34.